The third kappa shape index (κ3) is 1.83. The van der Waals surface area contributed by atoms with E-state index in [-0.39, 0.29) is 40.8 Å². The lowest BCUT2D eigenvalue weighted by Crippen LogP contribution is -2.23. The fourth-order valence-electron chi connectivity index (χ4n) is 2.80. The number of fused-ring (bicyclic) bond motifs is 2. The third-order valence-corrected chi connectivity index (χ3v) is 3.79. The van der Waals surface area contributed by atoms with E-state index in [4.69, 9.17) is 9.47 Å². The number of hydrogen-bond acceptors (Lipinski definition) is 5. The number of carbonyl (C=O) groups excluding carboxylic acids is 2. The molecule has 1 aliphatic carbocycles. The molecule has 22 heavy (non-hydrogen) atoms. The van der Waals surface area contributed by atoms with Crippen LogP contribution in [0, 0.1) is 0 Å². The van der Waals surface area contributed by atoms with Gasteiger partial charge in [0.2, 0.25) is 0 Å². The molecule has 0 bridgehead atoms. The maximum absolute atomic E-state index is 12.8. The van der Waals surface area contributed by atoms with Gasteiger partial charge in [-0.25, -0.2) is 0 Å². The molecule has 0 spiro atoms. The summed E-state index contributed by atoms with van der Waals surface area (Å²) < 4.78 is 10.5. The van der Waals surface area contributed by atoms with Crippen LogP contribution >= 0.6 is 0 Å². The van der Waals surface area contributed by atoms with Gasteiger partial charge in [0.25, 0.3) is 0 Å². The van der Waals surface area contributed by atoms with Crippen molar-refractivity contribution in [1.82, 2.24) is 0 Å². The first-order valence-electron chi connectivity index (χ1n) is 6.71. The summed E-state index contributed by atoms with van der Waals surface area (Å²) in [6, 6.07) is 8.16. The topological polar surface area (TPSA) is 72.8 Å². The summed E-state index contributed by atoms with van der Waals surface area (Å²) in [5, 5.41) is 9.49. The first-order chi connectivity index (χ1) is 10.6. The Balaban J connectivity index is 2.40. The maximum atomic E-state index is 12.8. The predicted octanol–water partition coefficient (Wildman–Crippen LogP) is 1.97. The Labute approximate surface area is 127 Å². The second-order valence-corrected chi connectivity index (χ2v) is 4.88. The Morgan fingerprint density at radius 1 is 0.955 bits per heavy atom. The Hall–Kier alpha value is -2.66. The van der Waals surface area contributed by atoms with Gasteiger partial charge in [0.1, 0.15) is 11.5 Å². The van der Waals surface area contributed by atoms with Crippen molar-refractivity contribution >= 4 is 11.6 Å². The monoisotopic (exact) mass is 298 g/mol. The van der Waals surface area contributed by atoms with Crippen LogP contribution in [0.5, 0.6) is 11.5 Å². The minimum atomic E-state index is -0.323. The quantitative estimate of drug-likeness (QED) is 0.800. The summed E-state index contributed by atoms with van der Waals surface area (Å²) in [7, 11) is 2.82. The molecule has 112 valence electrons. The van der Waals surface area contributed by atoms with Crippen LogP contribution in [0.25, 0.3) is 0 Å². The van der Waals surface area contributed by atoms with Crippen molar-refractivity contribution < 1.29 is 24.2 Å². The molecule has 5 nitrogen and oxygen atoms in total. The van der Waals surface area contributed by atoms with Crippen molar-refractivity contribution in [2.45, 2.75) is 6.61 Å². The van der Waals surface area contributed by atoms with Crippen LogP contribution in [0.1, 0.15) is 37.4 Å². The highest BCUT2D eigenvalue weighted by Gasteiger charge is 2.36. The van der Waals surface area contributed by atoms with Gasteiger partial charge in [-0.2, -0.15) is 0 Å². The van der Waals surface area contributed by atoms with Gasteiger partial charge < -0.3 is 14.6 Å². The molecule has 2 aromatic carbocycles. The predicted molar refractivity (Wildman–Crippen MR) is 78.8 cm³/mol. The molecule has 0 saturated heterocycles. The molecule has 5 heteroatoms. The smallest absolute Gasteiger partial charge is 0.198 e. The number of methoxy groups -OCH3 is 2. The first kappa shape index (κ1) is 14.3. The van der Waals surface area contributed by atoms with Crippen molar-refractivity contribution in [3.8, 4) is 11.5 Å². The van der Waals surface area contributed by atoms with Gasteiger partial charge in [0, 0.05) is 16.7 Å². The van der Waals surface area contributed by atoms with E-state index in [2.05, 4.69) is 0 Å². The summed E-state index contributed by atoms with van der Waals surface area (Å²) in [6.45, 7) is -0.323. The molecule has 1 N–H and O–H groups in total. The number of carbonyl (C=O) groups is 2. The molecule has 0 amide bonds. The average Bonchev–Trinajstić information content (AvgIpc) is 2.57. The molecule has 0 unspecified atom stereocenters. The second-order valence-electron chi connectivity index (χ2n) is 4.88. The molecule has 0 fully saturated rings. The lowest BCUT2D eigenvalue weighted by molar-refractivity contribution is 0.0973. The molecule has 0 atom stereocenters. The van der Waals surface area contributed by atoms with Gasteiger partial charge >= 0.3 is 0 Å². The van der Waals surface area contributed by atoms with Gasteiger partial charge in [-0.05, 0) is 6.07 Å². The second kappa shape index (κ2) is 5.27. The van der Waals surface area contributed by atoms with Gasteiger partial charge in [-0.3, -0.25) is 9.59 Å². The van der Waals surface area contributed by atoms with Crippen LogP contribution in [0.4, 0.5) is 0 Å². The summed E-state index contributed by atoms with van der Waals surface area (Å²) in [5.41, 5.74) is 1.40. The van der Waals surface area contributed by atoms with E-state index < -0.39 is 0 Å². The van der Waals surface area contributed by atoms with E-state index in [0.29, 0.717) is 16.7 Å². The highest BCUT2D eigenvalue weighted by atomic mass is 16.5. The van der Waals surface area contributed by atoms with Crippen LogP contribution in [-0.4, -0.2) is 30.9 Å². The summed E-state index contributed by atoms with van der Waals surface area (Å²) in [6.07, 6.45) is 0. The number of benzene rings is 2. The van der Waals surface area contributed by atoms with E-state index in [0.717, 1.165) is 0 Å². The van der Waals surface area contributed by atoms with E-state index >= 15 is 0 Å². The van der Waals surface area contributed by atoms with Crippen molar-refractivity contribution in [2.24, 2.45) is 0 Å². The van der Waals surface area contributed by atoms with Crippen molar-refractivity contribution in [3.63, 3.8) is 0 Å². The maximum Gasteiger partial charge on any atom is 0.198 e. The molecule has 0 saturated carbocycles. The lowest BCUT2D eigenvalue weighted by atomic mass is 9.82. The standard InChI is InChI=1S/C17H14O5/c1-21-12-7-9(8-18)17(22-2)14-13(12)15(19)10-5-3-4-6-11(10)16(14)20/h3-7,18H,8H2,1-2H3. The molecular weight excluding hydrogens is 284 g/mol. The van der Waals surface area contributed by atoms with E-state index in [9.17, 15) is 14.7 Å². The Morgan fingerprint density at radius 3 is 2.05 bits per heavy atom. The molecular formula is C17H14O5. The fourth-order valence-corrected chi connectivity index (χ4v) is 2.80. The number of ketones is 2. The SMILES string of the molecule is COc1cc(CO)c(OC)c2c1C(=O)c1ccccc1C2=O. The third-order valence-electron chi connectivity index (χ3n) is 3.79. The molecule has 0 heterocycles. The van der Waals surface area contributed by atoms with Crippen molar-refractivity contribution in [3.05, 3.63) is 58.1 Å². The molecule has 3 rings (SSSR count). The fraction of sp³-hybridized carbons (Fsp3) is 0.176. The summed E-state index contributed by atoms with van der Waals surface area (Å²) >= 11 is 0. The molecule has 2 aromatic rings. The molecule has 1 aliphatic rings. The normalized spacial score (nSPS) is 12.7. The van der Waals surface area contributed by atoms with E-state index in [1.807, 2.05) is 0 Å². The molecule has 0 radical (unpaired) electrons. The number of aliphatic hydroxyl groups is 1. The van der Waals surface area contributed by atoms with Crippen LogP contribution in [0.3, 0.4) is 0 Å². The van der Waals surface area contributed by atoms with Gasteiger partial charge in [0.15, 0.2) is 11.6 Å². The number of aliphatic hydroxyl groups excluding tert-OH is 1. The highest BCUT2D eigenvalue weighted by Crippen LogP contribution is 2.40. The van der Waals surface area contributed by atoms with Crippen LogP contribution in [0.15, 0.2) is 30.3 Å². The number of hydrogen-bond donors (Lipinski definition) is 1. The van der Waals surface area contributed by atoms with Crippen molar-refractivity contribution in [1.29, 1.82) is 0 Å². The van der Waals surface area contributed by atoms with Crippen LogP contribution < -0.4 is 9.47 Å². The minimum Gasteiger partial charge on any atom is -0.496 e. The van der Waals surface area contributed by atoms with Crippen LogP contribution in [-0.2, 0) is 6.61 Å². The number of rotatable bonds is 3. The summed E-state index contributed by atoms with van der Waals surface area (Å²) in [4.78, 5) is 25.6. The van der Waals surface area contributed by atoms with Crippen LogP contribution in [0.2, 0.25) is 0 Å². The minimum absolute atomic E-state index is 0.148. The first-order valence-corrected chi connectivity index (χ1v) is 6.71. The molecule has 0 aromatic heterocycles. The highest BCUT2D eigenvalue weighted by molar-refractivity contribution is 6.30. The van der Waals surface area contributed by atoms with E-state index in [1.54, 1.807) is 24.3 Å². The summed E-state index contributed by atoms with van der Waals surface area (Å²) in [5.74, 6) is -0.126. The number of ether oxygens (including phenoxy) is 2. The Bertz CT molecular complexity index is 792. The zero-order chi connectivity index (χ0) is 15.9. The zero-order valence-corrected chi connectivity index (χ0v) is 12.2. The average molecular weight is 298 g/mol. The van der Waals surface area contributed by atoms with Gasteiger partial charge in [-0.1, -0.05) is 24.3 Å². The largest absolute Gasteiger partial charge is 0.496 e. The lowest BCUT2D eigenvalue weighted by Gasteiger charge is -2.23. The molecule has 0 aliphatic heterocycles. The Kier molecular flexibility index (Phi) is 3.42. The zero-order valence-electron chi connectivity index (χ0n) is 12.2. The van der Waals surface area contributed by atoms with Gasteiger partial charge in [-0.15, -0.1) is 0 Å². The Morgan fingerprint density at radius 2 is 1.55 bits per heavy atom. The van der Waals surface area contributed by atoms with E-state index in [1.165, 1.54) is 20.3 Å². The van der Waals surface area contributed by atoms with Crippen molar-refractivity contribution in [2.75, 3.05) is 14.2 Å². The van der Waals surface area contributed by atoms with Gasteiger partial charge in [0.05, 0.1) is 32.0 Å².